The van der Waals surface area contributed by atoms with Crippen LogP contribution in [0.1, 0.15) is 24.0 Å². The second-order valence-corrected chi connectivity index (χ2v) is 4.62. The molecule has 0 radical (unpaired) electrons. The van der Waals surface area contributed by atoms with E-state index in [4.69, 9.17) is 4.74 Å². The van der Waals surface area contributed by atoms with Crippen LogP contribution in [0.15, 0.2) is 12.1 Å². The summed E-state index contributed by atoms with van der Waals surface area (Å²) in [6.07, 6.45) is 3.74. The molecule has 0 bridgehead atoms. The smallest absolute Gasteiger partial charge is 0.123 e. The third-order valence-electron chi connectivity index (χ3n) is 3.40. The zero-order chi connectivity index (χ0) is 11.0. The molecule has 0 amide bonds. The number of hydrogen-bond donors (Lipinski definition) is 2. The summed E-state index contributed by atoms with van der Waals surface area (Å²) >= 11 is 0. The fraction of sp³-hybridized carbons (Fsp3) is 0.538. The Morgan fingerprint density at radius 3 is 2.94 bits per heavy atom. The minimum atomic E-state index is 0.715. The van der Waals surface area contributed by atoms with Gasteiger partial charge in [-0.3, -0.25) is 0 Å². The number of fused-ring (bicyclic) bond motifs is 1. The maximum atomic E-state index is 5.42. The average molecular weight is 218 g/mol. The normalized spacial score (nSPS) is 19.1. The van der Waals surface area contributed by atoms with Gasteiger partial charge in [0.1, 0.15) is 5.75 Å². The lowest BCUT2D eigenvalue weighted by atomic mass is 9.98. The van der Waals surface area contributed by atoms with Gasteiger partial charge < -0.3 is 15.4 Å². The molecule has 2 N–H and O–H groups in total. The Balaban J connectivity index is 1.98. The van der Waals surface area contributed by atoms with Crippen molar-refractivity contribution < 1.29 is 4.74 Å². The molecule has 16 heavy (non-hydrogen) atoms. The third kappa shape index (κ3) is 1.76. The molecule has 0 unspecified atom stereocenters. The summed E-state index contributed by atoms with van der Waals surface area (Å²) in [6, 6.07) is 4.96. The number of hydrogen-bond acceptors (Lipinski definition) is 3. The average Bonchev–Trinajstić information content (AvgIpc) is 3.14. The summed E-state index contributed by atoms with van der Waals surface area (Å²) in [5, 5.41) is 7.02. The van der Waals surface area contributed by atoms with Crippen LogP contribution >= 0.6 is 0 Å². The highest BCUT2D eigenvalue weighted by molar-refractivity contribution is 5.61. The first kappa shape index (κ1) is 9.97. The summed E-state index contributed by atoms with van der Waals surface area (Å²) in [6.45, 7) is 2.00. The monoisotopic (exact) mass is 218 g/mol. The molecule has 1 fully saturated rings. The molecule has 0 atom stereocenters. The number of nitrogens with one attached hydrogen (secondary N) is 2. The van der Waals surface area contributed by atoms with E-state index in [-0.39, 0.29) is 0 Å². The van der Waals surface area contributed by atoms with Crippen LogP contribution in [0.5, 0.6) is 5.75 Å². The van der Waals surface area contributed by atoms with Gasteiger partial charge in [0.25, 0.3) is 0 Å². The quantitative estimate of drug-likeness (QED) is 0.813. The highest BCUT2D eigenvalue weighted by Crippen LogP contribution is 2.34. The molecule has 1 aliphatic carbocycles. The Kier molecular flexibility index (Phi) is 2.48. The summed E-state index contributed by atoms with van der Waals surface area (Å²) in [7, 11) is 1.75. The van der Waals surface area contributed by atoms with Crippen molar-refractivity contribution in [2.24, 2.45) is 0 Å². The Morgan fingerprint density at radius 2 is 2.19 bits per heavy atom. The van der Waals surface area contributed by atoms with Crippen molar-refractivity contribution in [3.05, 3.63) is 23.3 Å². The predicted molar refractivity (Wildman–Crippen MR) is 65.0 cm³/mol. The van der Waals surface area contributed by atoms with Gasteiger partial charge in [-0.2, -0.15) is 0 Å². The van der Waals surface area contributed by atoms with Gasteiger partial charge in [0.15, 0.2) is 0 Å². The van der Waals surface area contributed by atoms with Crippen molar-refractivity contribution in [1.82, 2.24) is 5.32 Å². The lowest BCUT2D eigenvalue weighted by Gasteiger charge is -2.23. The van der Waals surface area contributed by atoms with E-state index in [2.05, 4.69) is 22.8 Å². The molecular formula is C13H18N2O. The predicted octanol–water partition coefficient (Wildman–Crippen LogP) is 1.92. The molecule has 86 valence electrons. The molecule has 0 aromatic heterocycles. The van der Waals surface area contributed by atoms with Crippen molar-refractivity contribution in [2.75, 3.05) is 19.0 Å². The van der Waals surface area contributed by atoms with Crippen LogP contribution in [-0.2, 0) is 13.0 Å². The van der Waals surface area contributed by atoms with Crippen LogP contribution in [0.25, 0.3) is 0 Å². The molecule has 1 saturated carbocycles. The van der Waals surface area contributed by atoms with E-state index in [1.165, 1.54) is 29.7 Å². The fourth-order valence-corrected chi connectivity index (χ4v) is 2.35. The Labute approximate surface area is 96.2 Å². The van der Waals surface area contributed by atoms with Crippen LogP contribution in [0.4, 0.5) is 5.69 Å². The van der Waals surface area contributed by atoms with E-state index in [0.29, 0.717) is 6.04 Å². The van der Waals surface area contributed by atoms with Crippen LogP contribution < -0.4 is 15.4 Å². The van der Waals surface area contributed by atoms with E-state index in [1.54, 1.807) is 7.11 Å². The second-order valence-electron chi connectivity index (χ2n) is 4.62. The Bertz CT molecular complexity index is 399. The highest BCUT2D eigenvalue weighted by atomic mass is 16.5. The molecule has 3 rings (SSSR count). The van der Waals surface area contributed by atoms with Gasteiger partial charge >= 0.3 is 0 Å². The highest BCUT2D eigenvalue weighted by Gasteiger charge is 2.24. The largest absolute Gasteiger partial charge is 0.496 e. The molecule has 2 aliphatic rings. The van der Waals surface area contributed by atoms with Gasteiger partial charge in [-0.15, -0.1) is 0 Å². The molecule has 3 heteroatoms. The van der Waals surface area contributed by atoms with Crippen molar-refractivity contribution >= 4 is 5.69 Å². The van der Waals surface area contributed by atoms with Crippen LogP contribution in [0.2, 0.25) is 0 Å². The zero-order valence-electron chi connectivity index (χ0n) is 9.68. The number of methoxy groups -OCH3 is 1. The molecular weight excluding hydrogens is 200 g/mol. The van der Waals surface area contributed by atoms with Crippen molar-refractivity contribution in [2.45, 2.75) is 31.8 Å². The van der Waals surface area contributed by atoms with Gasteiger partial charge in [0, 0.05) is 23.8 Å². The SMILES string of the molecule is COc1ccc(NC2CC2)c2c1CNCC2. The molecule has 1 aromatic rings. The minimum absolute atomic E-state index is 0.715. The maximum absolute atomic E-state index is 5.42. The molecule has 1 heterocycles. The van der Waals surface area contributed by atoms with Crippen molar-refractivity contribution in [3.63, 3.8) is 0 Å². The van der Waals surface area contributed by atoms with Crippen LogP contribution in [0.3, 0.4) is 0 Å². The number of benzene rings is 1. The van der Waals surface area contributed by atoms with E-state index in [1.807, 2.05) is 0 Å². The molecule has 0 spiro atoms. The molecule has 1 aliphatic heterocycles. The van der Waals surface area contributed by atoms with E-state index in [9.17, 15) is 0 Å². The number of rotatable bonds is 3. The van der Waals surface area contributed by atoms with Gasteiger partial charge in [0.2, 0.25) is 0 Å². The van der Waals surface area contributed by atoms with Crippen LogP contribution in [-0.4, -0.2) is 19.7 Å². The lowest BCUT2D eigenvalue weighted by molar-refractivity contribution is 0.405. The maximum Gasteiger partial charge on any atom is 0.123 e. The molecule has 1 aromatic carbocycles. The van der Waals surface area contributed by atoms with E-state index < -0.39 is 0 Å². The third-order valence-corrected chi connectivity index (χ3v) is 3.40. The van der Waals surface area contributed by atoms with E-state index >= 15 is 0 Å². The summed E-state index contributed by atoms with van der Waals surface area (Å²) in [5.74, 6) is 1.02. The fourth-order valence-electron chi connectivity index (χ4n) is 2.35. The number of ether oxygens (including phenoxy) is 1. The van der Waals surface area contributed by atoms with Gasteiger partial charge in [-0.1, -0.05) is 0 Å². The topological polar surface area (TPSA) is 33.3 Å². The summed E-state index contributed by atoms with van der Waals surface area (Å²) < 4.78 is 5.42. The first-order valence-corrected chi connectivity index (χ1v) is 6.04. The van der Waals surface area contributed by atoms with Crippen molar-refractivity contribution in [1.29, 1.82) is 0 Å². The summed E-state index contributed by atoms with van der Waals surface area (Å²) in [4.78, 5) is 0. The Hall–Kier alpha value is -1.22. The second kappa shape index (κ2) is 3.98. The van der Waals surface area contributed by atoms with E-state index in [0.717, 1.165) is 25.3 Å². The van der Waals surface area contributed by atoms with Gasteiger partial charge in [0.05, 0.1) is 7.11 Å². The minimum Gasteiger partial charge on any atom is -0.496 e. The summed E-state index contributed by atoms with van der Waals surface area (Å²) in [5.41, 5.74) is 4.10. The van der Waals surface area contributed by atoms with Crippen LogP contribution in [0, 0.1) is 0 Å². The number of anilines is 1. The van der Waals surface area contributed by atoms with Crippen molar-refractivity contribution in [3.8, 4) is 5.75 Å². The standard InChI is InChI=1S/C13H18N2O/c1-16-13-5-4-12(15-9-2-3-9)10-6-7-14-8-11(10)13/h4-5,9,14-15H,2-3,6-8H2,1H3. The van der Waals surface area contributed by atoms with Gasteiger partial charge in [-0.25, -0.2) is 0 Å². The first-order valence-electron chi connectivity index (χ1n) is 6.04. The first-order chi connectivity index (χ1) is 7.88. The molecule has 3 nitrogen and oxygen atoms in total. The van der Waals surface area contributed by atoms with Gasteiger partial charge in [-0.05, 0) is 43.5 Å². The molecule has 0 saturated heterocycles. The Morgan fingerprint density at radius 1 is 1.31 bits per heavy atom. The zero-order valence-corrected chi connectivity index (χ0v) is 9.68. The lowest BCUT2D eigenvalue weighted by Crippen LogP contribution is -2.25.